The summed E-state index contributed by atoms with van der Waals surface area (Å²) in [5, 5.41) is 9.12. The Hall–Kier alpha value is -3.03. The van der Waals surface area contributed by atoms with Crippen LogP contribution in [0.25, 0.3) is 9.81 Å². The van der Waals surface area contributed by atoms with Crippen LogP contribution >= 0.6 is 23.5 Å². The monoisotopic (exact) mass is 575 g/mol. The van der Waals surface area contributed by atoms with Crippen molar-refractivity contribution in [2.24, 2.45) is 0 Å². The molecule has 39 heavy (non-hydrogen) atoms. The van der Waals surface area contributed by atoms with E-state index in [1.807, 2.05) is 6.07 Å². The molecule has 0 spiro atoms. The van der Waals surface area contributed by atoms with Gasteiger partial charge in [0.2, 0.25) is 0 Å². The standard InChI is InChI=1S/C29H19F6NOS2/c1-25-19(12-21(38-25)16-6-4-15(14-36)5-7-16)23-24(28(32,33)29(34,35)27(23,30)31)20-13-22(39-26(20,25)2)17-8-10-18(37-3)11-9-17/h4-13H,1-3H3. The van der Waals surface area contributed by atoms with Crippen LogP contribution in [0.4, 0.5) is 26.3 Å². The summed E-state index contributed by atoms with van der Waals surface area (Å²) in [7, 11) is 1.49. The maximum Gasteiger partial charge on any atom is 0.380 e. The number of nitrogens with zero attached hydrogens (tertiary/aromatic N) is 1. The van der Waals surface area contributed by atoms with Crippen LogP contribution in [-0.4, -0.2) is 34.4 Å². The molecule has 0 amide bonds. The first kappa shape index (κ1) is 26.2. The third kappa shape index (κ3) is 3.14. The highest BCUT2D eigenvalue weighted by molar-refractivity contribution is 8.14. The van der Waals surface area contributed by atoms with E-state index in [9.17, 15) is 8.78 Å². The molecule has 2 nitrogen and oxygen atoms in total. The Labute approximate surface area is 229 Å². The Morgan fingerprint density at radius 3 is 1.49 bits per heavy atom. The van der Waals surface area contributed by atoms with Crippen LogP contribution < -0.4 is 4.74 Å². The van der Waals surface area contributed by atoms with Gasteiger partial charge in [0.15, 0.2) is 0 Å². The van der Waals surface area contributed by atoms with E-state index in [4.69, 9.17) is 10.00 Å². The zero-order valence-electron chi connectivity index (χ0n) is 20.7. The molecule has 2 heterocycles. The first-order valence-corrected chi connectivity index (χ1v) is 13.5. The minimum Gasteiger partial charge on any atom is -0.497 e. The molecule has 1 saturated carbocycles. The molecule has 2 aromatic rings. The van der Waals surface area contributed by atoms with Gasteiger partial charge >= 0.3 is 17.8 Å². The lowest BCUT2D eigenvalue weighted by molar-refractivity contribution is -0.258. The van der Waals surface area contributed by atoms with Gasteiger partial charge in [-0.3, -0.25) is 0 Å². The van der Waals surface area contributed by atoms with E-state index in [-0.39, 0.29) is 11.1 Å². The summed E-state index contributed by atoms with van der Waals surface area (Å²) in [6.07, 6.45) is 2.69. The van der Waals surface area contributed by atoms with Gasteiger partial charge in [0.1, 0.15) is 5.75 Å². The fourth-order valence-corrected chi connectivity index (χ4v) is 8.80. The van der Waals surface area contributed by atoms with Crippen molar-refractivity contribution in [2.45, 2.75) is 41.1 Å². The Morgan fingerprint density at radius 1 is 0.692 bits per heavy atom. The van der Waals surface area contributed by atoms with Gasteiger partial charge in [-0.25, -0.2) is 0 Å². The van der Waals surface area contributed by atoms with E-state index in [1.165, 1.54) is 42.8 Å². The molecule has 2 aliphatic heterocycles. The van der Waals surface area contributed by atoms with Crippen LogP contribution in [0.5, 0.6) is 5.75 Å². The second-order valence-corrected chi connectivity index (χ2v) is 12.9. The number of ether oxygens (including phenoxy) is 1. The van der Waals surface area contributed by atoms with Crippen molar-refractivity contribution in [3.63, 3.8) is 0 Å². The molecule has 2 unspecified atom stereocenters. The fraction of sp³-hybridized carbons (Fsp3) is 0.276. The molecular formula is C29H19F6NOS2. The van der Waals surface area contributed by atoms with Crippen molar-refractivity contribution in [3.05, 3.63) is 99.7 Å². The third-order valence-corrected chi connectivity index (χ3v) is 11.3. The van der Waals surface area contributed by atoms with Crippen LogP contribution in [0.15, 0.2) is 83.0 Å². The van der Waals surface area contributed by atoms with Gasteiger partial charge in [-0.2, -0.15) is 31.6 Å². The lowest BCUT2D eigenvalue weighted by Gasteiger charge is -2.47. The van der Waals surface area contributed by atoms with E-state index in [0.29, 0.717) is 32.3 Å². The fourth-order valence-electron chi connectivity index (χ4n) is 5.66. The lowest BCUT2D eigenvalue weighted by atomic mass is 9.71. The predicted molar refractivity (Wildman–Crippen MR) is 141 cm³/mol. The molecule has 2 atom stereocenters. The molecule has 1 fully saturated rings. The molecule has 0 N–H and O–H groups in total. The lowest BCUT2D eigenvalue weighted by Crippen LogP contribution is -2.48. The zero-order valence-corrected chi connectivity index (χ0v) is 22.3. The largest absolute Gasteiger partial charge is 0.497 e. The Kier molecular flexibility index (Phi) is 5.38. The van der Waals surface area contributed by atoms with Crippen molar-refractivity contribution in [1.82, 2.24) is 0 Å². The van der Waals surface area contributed by atoms with Gasteiger partial charge < -0.3 is 4.74 Å². The van der Waals surface area contributed by atoms with Crippen LogP contribution in [-0.2, 0) is 0 Å². The molecule has 2 aromatic carbocycles. The number of thioether (sulfide) groups is 2. The minimum absolute atomic E-state index is 0.219. The maximum absolute atomic E-state index is 15.4. The summed E-state index contributed by atoms with van der Waals surface area (Å²) in [5.74, 6) is -15.2. The number of rotatable bonds is 3. The van der Waals surface area contributed by atoms with Gasteiger partial charge in [0, 0.05) is 21.0 Å². The average molecular weight is 576 g/mol. The molecule has 0 radical (unpaired) electrons. The summed E-state index contributed by atoms with van der Waals surface area (Å²) in [5.41, 5.74) is -1.46. The molecule has 10 heteroatoms. The molecule has 6 rings (SSSR count). The number of hydrogen-bond acceptors (Lipinski definition) is 4. The van der Waals surface area contributed by atoms with Gasteiger partial charge in [-0.05, 0) is 72.5 Å². The Morgan fingerprint density at radius 2 is 1.10 bits per heavy atom. The van der Waals surface area contributed by atoms with E-state index in [0.717, 1.165) is 0 Å². The van der Waals surface area contributed by atoms with Crippen molar-refractivity contribution in [2.75, 3.05) is 7.11 Å². The Bertz CT molecular complexity index is 1600. The minimum atomic E-state index is -5.60. The molecule has 200 valence electrons. The first-order chi connectivity index (χ1) is 18.2. The highest BCUT2D eigenvalue weighted by Gasteiger charge is 2.84. The third-order valence-electron chi connectivity index (χ3n) is 8.00. The summed E-state index contributed by atoms with van der Waals surface area (Å²) in [4.78, 5) is 0.977. The smallest absolute Gasteiger partial charge is 0.380 e. The molecular weight excluding hydrogens is 556 g/mol. The van der Waals surface area contributed by atoms with Gasteiger partial charge in [0.05, 0.1) is 28.2 Å². The number of alkyl halides is 6. The number of hydrogen-bond donors (Lipinski definition) is 0. The maximum atomic E-state index is 15.4. The van der Waals surface area contributed by atoms with Gasteiger partial charge in [-0.15, -0.1) is 23.5 Å². The summed E-state index contributed by atoms with van der Waals surface area (Å²) in [6, 6.07) is 15.1. The first-order valence-electron chi connectivity index (χ1n) is 11.8. The Balaban J connectivity index is 1.61. The summed E-state index contributed by atoms with van der Waals surface area (Å²) >= 11 is 2.38. The van der Waals surface area contributed by atoms with Crippen molar-refractivity contribution in [3.8, 4) is 11.8 Å². The number of benzene rings is 2. The number of halogens is 6. The van der Waals surface area contributed by atoms with Crippen LogP contribution in [0, 0.1) is 11.3 Å². The summed E-state index contributed by atoms with van der Waals surface area (Å²) < 4.78 is 94.2. The van der Waals surface area contributed by atoms with E-state index in [1.54, 1.807) is 62.4 Å². The van der Waals surface area contributed by atoms with Crippen molar-refractivity contribution < 1.29 is 31.1 Å². The quantitative estimate of drug-likeness (QED) is 0.344. The van der Waals surface area contributed by atoms with E-state index >= 15 is 17.6 Å². The van der Waals surface area contributed by atoms with Crippen LogP contribution in [0.3, 0.4) is 0 Å². The number of allylic oxidation sites excluding steroid dienone is 4. The van der Waals surface area contributed by atoms with Crippen molar-refractivity contribution >= 4 is 33.3 Å². The second kappa shape index (κ2) is 8.01. The number of fused-ring (bicyclic) bond motifs is 4. The normalized spacial score (nSPS) is 29.3. The molecule has 0 bridgehead atoms. The molecule has 4 aliphatic rings. The highest BCUT2D eigenvalue weighted by atomic mass is 32.2. The van der Waals surface area contributed by atoms with Gasteiger partial charge in [0.25, 0.3) is 0 Å². The van der Waals surface area contributed by atoms with Gasteiger partial charge in [-0.1, -0.05) is 24.3 Å². The SMILES string of the molecule is COc1ccc(C2=CC3=C4C(=C5C=C(c6ccc(C#N)cc6)SC5(C)C3(C)S2)C(F)(F)C(F)(F)C4(F)F)cc1. The second-order valence-electron chi connectivity index (χ2n) is 10.0. The van der Waals surface area contributed by atoms with Crippen LogP contribution in [0.1, 0.15) is 30.5 Å². The predicted octanol–water partition coefficient (Wildman–Crippen LogP) is 8.49. The number of nitriles is 1. The van der Waals surface area contributed by atoms with E-state index in [2.05, 4.69) is 0 Å². The highest BCUT2D eigenvalue weighted by Crippen LogP contribution is 2.75. The van der Waals surface area contributed by atoms with Crippen molar-refractivity contribution in [1.29, 1.82) is 5.26 Å². The van der Waals surface area contributed by atoms with E-state index < -0.39 is 38.4 Å². The van der Waals surface area contributed by atoms with Crippen LogP contribution in [0.2, 0.25) is 0 Å². The molecule has 2 aliphatic carbocycles. The molecule has 0 aromatic heterocycles. The molecule has 0 saturated heterocycles. The summed E-state index contributed by atoms with van der Waals surface area (Å²) in [6.45, 7) is 3.30. The number of methoxy groups -OCH3 is 1. The average Bonchev–Trinajstić information content (AvgIpc) is 3.48. The topological polar surface area (TPSA) is 33.0 Å². The zero-order chi connectivity index (χ0) is 28.2.